The van der Waals surface area contributed by atoms with Gasteiger partial charge in [0.1, 0.15) is 0 Å². The molecule has 1 rings (SSSR count). The summed E-state index contributed by atoms with van der Waals surface area (Å²) in [6, 6.07) is 2.00. The summed E-state index contributed by atoms with van der Waals surface area (Å²) in [5.41, 5.74) is 0.903. The summed E-state index contributed by atoms with van der Waals surface area (Å²) in [7, 11) is 2.00. The van der Waals surface area contributed by atoms with Crippen molar-refractivity contribution >= 4 is 17.1 Å². The van der Waals surface area contributed by atoms with Crippen LogP contribution in [0.3, 0.4) is 0 Å². The van der Waals surface area contributed by atoms with Crippen LogP contribution in [-0.4, -0.2) is 30.8 Å². The van der Waals surface area contributed by atoms with Gasteiger partial charge in [0.05, 0.1) is 6.54 Å². The van der Waals surface area contributed by atoms with Crippen molar-refractivity contribution in [3.05, 3.63) is 21.4 Å². The number of carbonyl (C=O) groups is 1. The summed E-state index contributed by atoms with van der Waals surface area (Å²) >= 11 is 1.70. The Hall–Kier alpha value is -0.670. The van der Waals surface area contributed by atoms with Crippen LogP contribution < -0.4 is 0 Å². The lowest BCUT2D eigenvalue weighted by molar-refractivity contribution is 0.0946. The molecule has 0 saturated carbocycles. The highest BCUT2D eigenvalue weighted by Crippen LogP contribution is 2.21. The molecule has 1 aromatic heterocycles. The van der Waals surface area contributed by atoms with E-state index in [1.807, 2.05) is 27.0 Å². The first-order valence-electron chi connectivity index (χ1n) is 5.33. The minimum Gasteiger partial charge on any atom is -0.299 e. The first kappa shape index (κ1) is 12.4. The third-order valence-electron chi connectivity index (χ3n) is 2.36. The number of aryl methyl sites for hydroxylation is 2. The Morgan fingerprint density at radius 3 is 2.60 bits per heavy atom. The first-order valence-corrected chi connectivity index (χ1v) is 6.15. The van der Waals surface area contributed by atoms with Crippen molar-refractivity contribution in [2.45, 2.75) is 27.2 Å². The van der Waals surface area contributed by atoms with Crippen LogP contribution in [-0.2, 0) is 0 Å². The van der Waals surface area contributed by atoms with E-state index in [1.165, 1.54) is 4.88 Å². The molecule has 0 fully saturated rings. The average molecular weight is 225 g/mol. The highest BCUT2D eigenvalue weighted by Gasteiger charge is 2.13. The van der Waals surface area contributed by atoms with Gasteiger partial charge in [-0.15, -0.1) is 11.3 Å². The Labute approximate surface area is 95.9 Å². The maximum atomic E-state index is 11.9. The van der Waals surface area contributed by atoms with E-state index in [1.54, 1.807) is 11.3 Å². The van der Waals surface area contributed by atoms with Gasteiger partial charge >= 0.3 is 0 Å². The summed E-state index contributed by atoms with van der Waals surface area (Å²) in [5.74, 6) is 0.243. The van der Waals surface area contributed by atoms with Crippen molar-refractivity contribution < 1.29 is 4.79 Å². The van der Waals surface area contributed by atoms with Gasteiger partial charge in [-0.1, -0.05) is 6.92 Å². The van der Waals surface area contributed by atoms with Gasteiger partial charge in [0.15, 0.2) is 5.78 Å². The van der Waals surface area contributed by atoms with Crippen LogP contribution in [0, 0.1) is 13.8 Å². The molecule has 0 atom stereocenters. The monoisotopic (exact) mass is 225 g/mol. The number of rotatable bonds is 5. The smallest absolute Gasteiger partial charge is 0.177 e. The van der Waals surface area contributed by atoms with Crippen LogP contribution in [0.5, 0.6) is 0 Å². The number of thiophene rings is 1. The molecule has 84 valence electrons. The van der Waals surface area contributed by atoms with E-state index in [-0.39, 0.29) is 5.78 Å². The normalized spacial score (nSPS) is 11.0. The van der Waals surface area contributed by atoms with Gasteiger partial charge in [0.2, 0.25) is 0 Å². The lowest BCUT2D eigenvalue weighted by Gasteiger charge is -2.13. The molecule has 1 aromatic rings. The Morgan fingerprint density at radius 2 is 2.13 bits per heavy atom. The van der Waals surface area contributed by atoms with E-state index in [0.29, 0.717) is 6.54 Å². The van der Waals surface area contributed by atoms with E-state index in [4.69, 9.17) is 0 Å². The summed E-state index contributed by atoms with van der Waals surface area (Å²) in [4.78, 5) is 16.4. The quantitative estimate of drug-likeness (QED) is 0.718. The molecule has 1 heterocycles. The van der Waals surface area contributed by atoms with Crippen molar-refractivity contribution in [3.8, 4) is 0 Å². The topological polar surface area (TPSA) is 20.3 Å². The van der Waals surface area contributed by atoms with E-state index in [9.17, 15) is 4.79 Å². The van der Waals surface area contributed by atoms with Crippen LogP contribution in [0.15, 0.2) is 6.07 Å². The zero-order valence-corrected chi connectivity index (χ0v) is 10.8. The van der Waals surface area contributed by atoms with Gasteiger partial charge in [-0.2, -0.15) is 0 Å². The Morgan fingerprint density at radius 1 is 1.47 bits per heavy atom. The third kappa shape index (κ3) is 3.43. The van der Waals surface area contributed by atoms with E-state index in [0.717, 1.165) is 23.4 Å². The molecule has 0 saturated heterocycles. The molecule has 0 amide bonds. The molecule has 0 aliphatic carbocycles. The molecule has 15 heavy (non-hydrogen) atoms. The highest BCUT2D eigenvalue weighted by molar-refractivity contribution is 7.12. The summed E-state index contributed by atoms with van der Waals surface area (Å²) in [6.07, 6.45) is 1.09. The van der Waals surface area contributed by atoms with Crippen molar-refractivity contribution in [2.75, 3.05) is 20.1 Å². The molecule has 3 heteroatoms. The minimum absolute atomic E-state index is 0.243. The second kappa shape index (κ2) is 5.42. The molecule has 0 bridgehead atoms. The van der Waals surface area contributed by atoms with Crippen LogP contribution in [0.25, 0.3) is 0 Å². The molecule has 0 aliphatic rings. The Balaban J connectivity index is 2.65. The summed E-state index contributed by atoms with van der Waals surface area (Å²) in [6.45, 7) is 7.70. The molecule has 0 aliphatic heterocycles. The molecule has 0 N–H and O–H groups in total. The lowest BCUT2D eigenvalue weighted by atomic mass is 10.1. The van der Waals surface area contributed by atoms with E-state index in [2.05, 4.69) is 11.8 Å². The number of carbonyl (C=O) groups excluding carboxylic acids is 1. The maximum absolute atomic E-state index is 11.9. The fraction of sp³-hybridized carbons (Fsp3) is 0.583. The fourth-order valence-corrected chi connectivity index (χ4v) is 2.64. The maximum Gasteiger partial charge on any atom is 0.177 e. The molecule has 2 nitrogen and oxygen atoms in total. The number of Topliss-reactive ketones (excluding diaryl/α,β-unsaturated/α-hetero) is 1. The fourth-order valence-electron chi connectivity index (χ4n) is 1.70. The van der Waals surface area contributed by atoms with E-state index < -0.39 is 0 Å². The summed E-state index contributed by atoms with van der Waals surface area (Å²) < 4.78 is 0. The van der Waals surface area contributed by atoms with Crippen molar-refractivity contribution in [1.29, 1.82) is 0 Å². The van der Waals surface area contributed by atoms with Crippen LogP contribution in [0.1, 0.15) is 33.5 Å². The number of hydrogen-bond acceptors (Lipinski definition) is 3. The van der Waals surface area contributed by atoms with Crippen LogP contribution in [0.2, 0.25) is 0 Å². The predicted molar refractivity (Wildman–Crippen MR) is 65.9 cm³/mol. The molecule has 0 unspecified atom stereocenters. The number of likely N-dealkylation sites (N-methyl/N-ethyl adjacent to an activating group) is 1. The second-order valence-corrected chi connectivity index (χ2v) is 5.45. The van der Waals surface area contributed by atoms with Crippen molar-refractivity contribution in [1.82, 2.24) is 4.90 Å². The molecular formula is C12H19NOS. The second-order valence-electron chi connectivity index (χ2n) is 3.99. The van der Waals surface area contributed by atoms with Gasteiger partial charge in [-0.25, -0.2) is 0 Å². The zero-order valence-electron chi connectivity index (χ0n) is 9.96. The van der Waals surface area contributed by atoms with Crippen molar-refractivity contribution in [2.24, 2.45) is 0 Å². The van der Waals surface area contributed by atoms with Gasteiger partial charge in [-0.3, -0.25) is 9.69 Å². The molecule has 0 spiro atoms. The van der Waals surface area contributed by atoms with Crippen LogP contribution in [0.4, 0.5) is 0 Å². The minimum atomic E-state index is 0.243. The van der Waals surface area contributed by atoms with Gasteiger partial charge < -0.3 is 0 Å². The SMILES string of the molecule is CCCN(C)CC(=O)c1cc(C)sc1C. The number of nitrogens with zero attached hydrogens (tertiary/aromatic N) is 1. The van der Waals surface area contributed by atoms with E-state index >= 15 is 0 Å². The summed E-state index contributed by atoms with van der Waals surface area (Å²) in [5, 5.41) is 0. The van der Waals surface area contributed by atoms with Gasteiger partial charge in [0.25, 0.3) is 0 Å². The first-order chi connectivity index (χ1) is 7.04. The molecule has 0 aromatic carbocycles. The van der Waals surface area contributed by atoms with Crippen LogP contribution >= 0.6 is 11.3 Å². The Bertz CT molecular complexity index is 343. The van der Waals surface area contributed by atoms with Gasteiger partial charge in [-0.05, 0) is 39.9 Å². The third-order valence-corrected chi connectivity index (χ3v) is 3.33. The predicted octanol–water partition coefficient (Wildman–Crippen LogP) is 2.89. The largest absolute Gasteiger partial charge is 0.299 e. The van der Waals surface area contributed by atoms with Gasteiger partial charge in [0, 0.05) is 15.3 Å². The average Bonchev–Trinajstić information content (AvgIpc) is 2.45. The van der Waals surface area contributed by atoms with Crippen molar-refractivity contribution in [3.63, 3.8) is 0 Å². The lowest BCUT2D eigenvalue weighted by Crippen LogP contribution is -2.26. The standard InChI is InChI=1S/C12H19NOS/c1-5-6-13(4)8-12(14)11-7-9(2)15-10(11)3/h7H,5-6,8H2,1-4H3. The number of hydrogen-bond donors (Lipinski definition) is 0. The zero-order chi connectivity index (χ0) is 11.4. The Kier molecular flexibility index (Phi) is 4.48. The molecule has 0 radical (unpaired) electrons. The highest BCUT2D eigenvalue weighted by atomic mass is 32.1. The number of ketones is 1. The molecular weight excluding hydrogens is 206 g/mol.